The van der Waals surface area contributed by atoms with Gasteiger partial charge in [0.05, 0.1) is 0 Å². The normalized spacial score (nSPS) is 19.2. The molecule has 0 spiro atoms. The number of amides is 1. The summed E-state index contributed by atoms with van der Waals surface area (Å²) < 4.78 is 5.49. The van der Waals surface area contributed by atoms with Crippen LogP contribution in [0.5, 0.6) is 0 Å². The minimum absolute atomic E-state index is 0.0409. The van der Waals surface area contributed by atoms with Gasteiger partial charge in [0.1, 0.15) is 5.54 Å². The lowest BCUT2D eigenvalue weighted by Crippen LogP contribution is -2.62. The van der Waals surface area contributed by atoms with E-state index in [1.165, 1.54) is 0 Å². The Balaban J connectivity index is 2.22. The highest BCUT2D eigenvalue weighted by atomic mass is 35.5. The van der Waals surface area contributed by atoms with Crippen molar-refractivity contribution in [2.75, 3.05) is 23.9 Å². The van der Waals surface area contributed by atoms with Gasteiger partial charge < -0.3 is 14.6 Å². The molecule has 7 heteroatoms. The number of nitrogens with one attached hydrogen (secondary N) is 1. The first kappa shape index (κ1) is 12.2. The Labute approximate surface area is 104 Å². The average molecular weight is 259 g/mol. The van der Waals surface area contributed by atoms with Crippen LogP contribution in [0.1, 0.15) is 19.7 Å². The average Bonchev–Trinajstić information content (AvgIpc) is 2.71. The maximum absolute atomic E-state index is 11.8. The van der Waals surface area contributed by atoms with Crippen molar-refractivity contribution in [3.8, 4) is 0 Å². The molecule has 0 aromatic carbocycles. The Bertz CT molecular complexity index is 418. The molecule has 17 heavy (non-hydrogen) atoms. The van der Waals surface area contributed by atoms with E-state index < -0.39 is 5.54 Å². The Morgan fingerprint density at radius 1 is 1.53 bits per heavy atom. The van der Waals surface area contributed by atoms with E-state index in [1.54, 1.807) is 0 Å². The third-order valence-corrected chi connectivity index (χ3v) is 3.04. The van der Waals surface area contributed by atoms with Crippen molar-refractivity contribution in [3.05, 3.63) is 5.89 Å². The first-order valence-electron chi connectivity index (χ1n) is 5.50. The lowest BCUT2D eigenvalue weighted by Gasteiger charge is -2.39. The molecular weight excluding hydrogens is 244 g/mol. The van der Waals surface area contributed by atoms with Gasteiger partial charge in [0.15, 0.2) is 0 Å². The van der Waals surface area contributed by atoms with E-state index in [9.17, 15) is 4.79 Å². The Morgan fingerprint density at radius 2 is 2.29 bits per heavy atom. The number of aromatic nitrogens is 2. The zero-order chi connectivity index (χ0) is 12.5. The number of carbonyl (C=O) groups excluding carboxylic acids is 1. The molecule has 0 unspecified atom stereocenters. The molecule has 0 saturated carbocycles. The van der Waals surface area contributed by atoms with E-state index in [0.29, 0.717) is 37.3 Å². The summed E-state index contributed by atoms with van der Waals surface area (Å²) >= 11 is 5.60. The van der Waals surface area contributed by atoms with E-state index in [4.69, 9.17) is 16.0 Å². The van der Waals surface area contributed by atoms with Gasteiger partial charge in [-0.3, -0.25) is 4.79 Å². The fourth-order valence-electron chi connectivity index (χ4n) is 1.77. The highest BCUT2D eigenvalue weighted by Crippen LogP contribution is 2.24. The number of halogens is 1. The predicted octanol–water partition coefficient (Wildman–Crippen LogP) is 0.566. The lowest BCUT2D eigenvalue weighted by atomic mass is 10.00. The zero-order valence-electron chi connectivity index (χ0n) is 9.86. The zero-order valence-corrected chi connectivity index (χ0v) is 10.6. The van der Waals surface area contributed by atoms with E-state index in [2.05, 4.69) is 15.5 Å². The molecular formula is C10H15ClN4O2. The van der Waals surface area contributed by atoms with Gasteiger partial charge in [0.2, 0.25) is 11.8 Å². The number of hydrogen-bond acceptors (Lipinski definition) is 5. The highest BCUT2D eigenvalue weighted by molar-refractivity contribution is 6.17. The predicted molar refractivity (Wildman–Crippen MR) is 63.2 cm³/mol. The molecule has 1 N–H and O–H groups in total. The largest absolute Gasteiger partial charge is 0.408 e. The van der Waals surface area contributed by atoms with Crippen molar-refractivity contribution in [1.82, 2.24) is 15.5 Å². The van der Waals surface area contributed by atoms with Crippen LogP contribution in [0.2, 0.25) is 0 Å². The Morgan fingerprint density at radius 3 is 3.00 bits per heavy atom. The van der Waals surface area contributed by atoms with Crippen LogP contribution in [0, 0.1) is 0 Å². The molecule has 0 aliphatic carbocycles. The van der Waals surface area contributed by atoms with Gasteiger partial charge in [0.25, 0.3) is 0 Å². The maximum Gasteiger partial charge on any atom is 0.319 e. The van der Waals surface area contributed by atoms with Crippen molar-refractivity contribution < 1.29 is 9.21 Å². The molecule has 1 saturated heterocycles. The SMILES string of the molecule is CC1(C)C(=O)NCCN1c1nnc(CCCl)o1. The van der Waals surface area contributed by atoms with E-state index in [-0.39, 0.29) is 5.91 Å². The molecule has 2 heterocycles. The first-order chi connectivity index (χ1) is 8.05. The number of rotatable bonds is 3. The number of carbonyl (C=O) groups is 1. The number of aryl methyl sites for hydroxylation is 1. The second kappa shape index (κ2) is 4.52. The molecule has 1 aromatic heterocycles. The summed E-state index contributed by atoms with van der Waals surface area (Å²) in [5.74, 6) is 0.892. The van der Waals surface area contributed by atoms with E-state index in [1.807, 2.05) is 18.7 Å². The molecule has 2 rings (SSSR count). The van der Waals surface area contributed by atoms with Crippen molar-refractivity contribution in [2.45, 2.75) is 25.8 Å². The van der Waals surface area contributed by atoms with Crippen LogP contribution in [-0.2, 0) is 11.2 Å². The molecule has 1 aliphatic heterocycles. The van der Waals surface area contributed by atoms with Crippen LogP contribution < -0.4 is 10.2 Å². The molecule has 1 fully saturated rings. The van der Waals surface area contributed by atoms with Crippen molar-refractivity contribution in [1.29, 1.82) is 0 Å². The molecule has 0 bridgehead atoms. The molecule has 1 amide bonds. The quantitative estimate of drug-likeness (QED) is 0.803. The summed E-state index contributed by atoms with van der Waals surface area (Å²) in [5, 5.41) is 10.7. The van der Waals surface area contributed by atoms with Gasteiger partial charge in [-0.25, -0.2) is 0 Å². The second-order valence-electron chi connectivity index (χ2n) is 4.38. The van der Waals surface area contributed by atoms with Crippen molar-refractivity contribution in [3.63, 3.8) is 0 Å². The number of anilines is 1. The third kappa shape index (κ3) is 2.22. The summed E-state index contributed by atoms with van der Waals surface area (Å²) in [4.78, 5) is 13.6. The van der Waals surface area contributed by atoms with Crippen LogP contribution >= 0.6 is 11.6 Å². The number of hydrogen-bond donors (Lipinski definition) is 1. The summed E-state index contributed by atoms with van der Waals surface area (Å²) in [6.45, 7) is 4.89. The highest BCUT2D eigenvalue weighted by Gasteiger charge is 2.40. The minimum atomic E-state index is -0.678. The summed E-state index contributed by atoms with van der Waals surface area (Å²) in [5.41, 5.74) is -0.678. The van der Waals surface area contributed by atoms with Crippen LogP contribution in [0.15, 0.2) is 4.42 Å². The summed E-state index contributed by atoms with van der Waals surface area (Å²) in [6.07, 6.45) is 0.537. The number of piperazine rings is 1. The Hall–Kier alpha value is -1.30. The van der Waals surface area contributed by atoms with Gasteiger partial charge >= 0.3 is 6.01 Å². The molecule has 1 aliphatic rings. The van der Waals surface area contributed by atoms with Gasteiger partial charge in [-0.15, -0.1) is 16.7 Å². The van der Waals surface area contributed by atoms with Crippen LogP contribution in [0.4, 0.5) is 6.01 Å². The first-order valence-corrected chi connectivity index (χ1v) is 6.03. The molecule has 6 nitrogen and oxygen atoms in total. The van der Waals surface area contributed by atoms with Crippen LogP contribution in [0.3, 0.4) is 0 Å². The van der Waals surface area contributed by atoms with Gasteiger partial charge in [-0.1, -0.05) is 5.10 Å². The molecule has 0 radical (unpaired) electrons. The van der Waals surface area contributed by atoms with Gasteiger partial charge in [-0.2, -0.15) is 0 Å². The van der Waals surface area contributed by atoms with Crippen molar-refractivity contribution >= 4 is 23.5 Å². The molecule has 94 valence electrons. The fourth-order valence-corrected chi connectivity index (χ4v) is 1.93. The van der Waals surface area contributed by atoms with Gasteiger partial charge in [-0.05, 0) is 13.8 Å². The van der Waals surface area contributed by atoms with Crippen LogP contribution in [0.25, 0.3) is 0 Å². The smallest absolute Gasteiger partial charge is 0.319 e. The number of alkyl halides is 1. The standard InChI is InChI=1S/C10H15ClN4O2/c1-10(2)8(16)12-5-6-15(10)9-14-13-7(17-9)3-4-11/h3-6H2,1-2H3,(H,12,16). The molecule has 1 aromatic rings. The topological polar surface area (TPSA) is 71.3 Å². The van der Waals surface area contributed by atoms with E-state index >= 15 is 0 Å². The summed E-state index contributed by atoms with van der Waals surface area (Å²) in [7, 11) is 0. The third-order valence-electron chi connectivity index (χ3n) is 2.85. The maximum atomic E-state index is 11.8. The fraction of sp³-hybridized carbons (Fsp3) is 0.700. The van der Waals surface area contributed by atoms with Crippen LogP contribution in [-0.4, -0.2) is 40.6 Å². The second-order valence-corrected chi connectivity index (χ2v) is 4.76. The minimum Gasteiger partial charge on any atom is -0.408 e. The van der Waals surface area contributed by atoms with Gasteiger partial charge in [0, 0.05) is 25.4 Å². The number of nitrogens with zero attached hydrogens (tertiary/aromatic N) is 3. The van der Waals surface area contributed by atoms with E-state index in [0.717, 1.165) is 0 Å². The molecule has 0 atom stereocenters. The van der Waals surface area contributed by atoms with Crippen molar-refractivity contribution in [2.24, 2.45) is 0 Å². The summed E-state index contributed by atoms with van der Waals surface area (Å²) in [6, 6.07) is 0.380. The monoisotopic (exact) mass is 258 g/mol. The Kier molecular flexibility index (Phi) is 3.24. The lowest BCUT2D eigenvalue weighted by molar-refractivity contribution is -0.126.